The number of amides is 1. The van der Waals surface area contributed by atoms with Crippen LogP contribution in [0.4, 0.5) is 0 Å². The van der Waals surface area contributed by atoms with Gasteiger partial charge in [-0.05, 0) is 81.0 Å². The van der Waals surface area contributed by atoms with E-state index >= 15 is 0 Å². The molecule has 0 bridgehead atoms. The Labute approximate surface area is 323 Å². The summed E-state index contributed by atoms with van der Waals surface area (Å²) in [4.78, 5) is 24.8. The van der Waals surface area contributed by atoms with Gasteiger partial charge in [0.15, 0.2) is 0 Å². The van der Waals surface area contributed by atoms with Crippen molar-refractivity contribution in [3.05, 3.63) is 76.0 Å². The number of benzene rings is 2. The lowest BCUT2D eigenvalue weighted by atomic mass is 9.82. The van der Waals surface area contributed by atoms with E-state index in [2.05, 4.69) is 26.1 Å². The normalized spacial score (nSPS) is 17.2. The molecule has 0 spiro atoms. The number of carboxylic acids is 1. The zero-order valence-electron chi connectivity index (χ0n) is 33.7. The molecule has 0 radical (unpaired) electrons. The number of aliphatic carboxylic acids is 1. The van der Waals surface area contributed by atoms with Crippen LogP contribution in [-0.2, 0) is 49.4 Å². The second kappa shape index (κ2) is 24.2. The van der Waals surface area contributed by atoms with E-state index in [-0.39, 0.29) is 41.6 Å². The predicted molar refractivity (Wildman–Crippen MR) is 209 cm³/mol. The second-order valence-corrected chi connectivity index (χ2v) is 15.1. The van der Waals surface area contributed by atoms with Gasteiger partial charge in [-0.15, -0.1) is 0 Å². The van der Waals surface area contributed by atoms with Gasteiger partial charge in [-0.3, -0.25) is 4.79 Å². The summed E-state index contributed by atoms with van der Waals surface area (Å²) in [7, 11) is 0. The van der Waals surface area contributed by atoms with Crippen molar-refractivity contribution in [2.75, 3.05) is 72.7 Å². The Morgan fingerprint density at radius 2 is 1.26 bits per heavy atom. The van der Waals surface area contributed by atoms with Crippen molar-refractivity contribution in [2.45, 2.75) is 92.9 Å². The first-order chi connectivity index (χ1) is 25.9. The van der Waals surface area contributed by atoms with E-state index in [4.69, 9.17) is 33.2 Å². The number of carboxylic acid groups (broad SMARTS) is 1. The van der Waals surface area contributed by atoms with Gasteiger partial charge in [-0.2, -0.15) is 0 Å². The molecule has 2 N–H and O–H groups in total. The first kappa shape index (κ1) is 45.1. The number of carbonyl (C=O) groups excluding carboxylic acids is 1. The van der Waals surface area contributed by atoms with E-state index in [9.17, 15) is 14.7 Å². The Morgan fingerprint density at radius 1 is 0.759 bits per heavy atom. The maximum atomic E-state index is 12.9. The van der Waals surface area contributed by atoms with E-state index in [1.807, 2.05) is 70.2 Å². The number of aryl methyl sites for hydroxylation is 3. The zero-order chi connectivity index (χ0) is 39.3. The number of nitrogens with one attached hydrogen (secondary N) is 1. The fraction of sp³-hybridized carbons (Fsp3) is 0.628. The molecule has 302 valence electrons. The minimum Gasteiger partial charge on any atom is -0.492 e. The van der Waals surface area contributed by atoms with Gasteiger partial charge in [-0.1, -0.05) is 68.8 Å². The molecule has 2 aromatic rings. The van der Waals surface area contributed by atoms with Crippen LogP contribution in [0.1, 0.15) is 81.2 Å². The van der Waals surface area contributed by atoms with E-state index in [0.29, 0.717) is 78.4 Å². The van der Waals surface area contributed by atoms with Crippen LogP contribution < -0.4 is 5.32 Å². The summed E-state index contributed by atoms with van der Waals surface area (Å²) in [6.45, 7) is 19.0. The fourth-order valence-corrected chi connectivity index (χ4v) is 6.35. The van der Waals surface area contributed by atoms with E-state index in [1.54, 1.807) is 0 Å². The first-order valence-corrected chi connectivity index (χ1v) is 19.4. The smallest absolute Gasteiger partial charge is 0.339 e. The average Bonchev–Trinajstić information content (AvgIpc) is 3.12. The summed E-state index contributed by atoms with van der Waals surface area (Å²) in [5.41, 5.74) is 4.99. The number of hydrogen-bond donors (Lipinski definition) is 2. The highest BCUT2D eigenvalue weighted by molar-refractivity contribution is 6.17. The van der Waals surface area contributed by atoms with Crippen molar-refractivity contribution in [1.82, 2.24) is 5.32 Å². The van der Waals surface area contributed by atoms with Crippen LogP contribution in [0, 0.1) is 32.1 Å². The molecule has 1 fully saturated rings. The predicted octanol–water partition coefficient (Wildman–Crippen LogP) is 6.83. The number of hydrogen-bond acceptors (Lipinski definition) is 9. The minimum absolute atomic E-state index is 0.000760. The molecule has 1 saturated carbocycles. The summed E-state index contributed by atoms with van der Waals surface area (Å²) in [5, 5.41) is 13.5. The summed E-state index contributed by atoms with van der Waals surface area (Å²) in [6, 6.07) is 14.0. The van der Waals surface area contributed by atoms with Crippen LogP contribution in [0.2, 0.25) is 0 Å². The first-order valence-electron chi connectivity index (χ1n) is 19.4. The van der Waals surface area contributed by atoms with Gasteiger partial charge in [0.25, 0.3) is 0 Å². The van der Waals surface area contributed by atoms with Crippen molar-refractivity contribution < 1.29 is 47.9 Å². The highest BCUT2D eigenvalue weighted by Crippen LogP contribution is 2.38. The Morgan fingerprint density at radius 3 is 1.76 bits per heavy atom. The monoisotopic (exact) mass is 755 g/mol. The lowest BCUT2D eigenvalue weighted by Crippen LogP contribution is -2.43. The highest BCUT2D eigenvalue weighted by Gasteiger charge is 2.31. The summed E-state index contributed by atoms with van der Waals surface area (Å²) < 4.78 is 40.2. The van der Waals surface area contributed by atoms with Crippen molar-refractivity contribution in [3.8, 4) is 0 Å². The topological polar surface area (TPSA) is 131 Å². The van der Waals surface area contributed by atoms with E-state index in [0.717, 1.165) is 53.5 Å². The molecule has 11 nitrogen and oxygen atoms in total. The van der Waals surface area contributed by atoms with Crippen LogP contribution in [-0.4, -0.2) is 102 Å². The molecule has 54 heavy (non-hydrogen) atoms. The molecule has 0 aliphatic heterocycles. The number of allylic oxidation sites excluding steroid dienone is 1. The summed E-state index contributed by atoms with van der Waals surface area (Å²) in [6.07, 6.45) is 3.29. The number of rotatable bonds is 25. The third-order valence-electron chi connectivity index (χ3n) is 9.65. The van der Waals surface area contributed by atoms with Gasteiger partial charge < -0.3 is 43.6 Å². The van der Waals surface area contributed by atoms with Crippen molar-refractivity contribution in [1.29, 1.82) is 0 Å². The standard InChI is InChI=1S/C43H65NO10/c1-31-27-32(2)39(33(3)28-31)40(42(46)47)41(54-29-35-11-9-8-10-12-35)36-13-15-37(16-14-36)53-26-25-51-22-21-49-18-17-48-19-20-50-23-24-52-30-38(45)44-34(4)43(5,6)7/h8-12,27-28,34,36-37H,13-26,29-30H2,1-7H3,(H,44,45)(H,46,47)/b41-40+. The van der Waals surface area contributed by atoms with E-state index in [1.165, 1.54) is 0 Å². The zero-order valence-corrected chi connectivity index (χ0v) is 33.7. The summed E-state index contributed by atoms with van der Waals surface area (Å²) >= 11 is 0. The Kier molecular flexibility index (Phi) is 20.2. The molecule has 3 rings (SSSR count). The Hall–Kier alpha value is -3.32. The largest absolute Gasteiger partial charge is 0.492 e. The molecule has 2 aromatic carbocycles. The maximum Gasteiger partial charge on any atom is 0.339 e. The molecule has 0 aromatic heterocycles. The molecule has 0 heterocycles. The minimum atomic E-state index is -0.964. The number of carbonyl (C=O) groups is 2. The second-order valence-electron chi connectivity index (χ2n) is 15.1. The van der Waals surface area contributed by atoms with Crippen LogP contribution >= 0.6 is 0 Å². The molecule has 11 heteroatoms. The van der Waals surface area contributed by atoms with Crippen molar-refractivity contribution in [2.24, 2.45) is 11.3 Å². The quantitative estimate of drug-likeness (QED) is 0.0632. The van der Waals surface area contributed by atoms with Crippen LogP contribution in [0.25, 0.3) is 5.57 Å². The van der Waals surface area contributed by atoms with E-state index < -0.39 is 5.97 Å². The lowest BCUT2D eigenvalue weighted by molar-refractivity contribution is -0.130. The number of ether oxygens (including phenoxy) is 7. The molecule has 1 aliphatic rings. The molecular weight excluding hydrogens is 690 g/mol. The molecule has 1 atom stereocenters. The molecule has 1 unspecified atom stereocenters. The highest BCUT2D eigenvalue weighted by atomic mass is 16.6. The maximum absolute atomic E-state index is 12.9. The molecular formula is C43H65NO10. The van der Waals surface area contributed by atoms with Crippen molar-refractivity contribution >= 4 is 17.4 Å². The fourth-order valence-electron chi connectivity index (χ4n) is 6.35. The van der Waals surface area contributed by atoms with Crippen LogP contribution in [0.15, 0.2) is 48.2 Å². The average molecular weight is 756 g/mol. The van der Waals surface area contributed by atoms with Gasteiger partial charge >= 0.3 is 5.97 Å². The summed E-state index contributed by atoms with van der Waals surface area (Å²) in [5.74, 6) is -0.541. The lowest BCUT2D eigenvalue weighted by Gasteiger charge is -2.31. The van der Waals surface area contributed by atoms with Gasteiger partial charge in [0, 0.05) is 12.0 Å². The van der Waals surface area contributed by atoms with Crippen LogP contribution in [0.5, 0.6) is 0 Å². The third kappa shape index (κ3) is 16.6. The van der Waals surface area contributed by atoms with Gasteiger partial charge in [-0.25, -0.2) is 4.79 Å². The molecule has 0 saturated heterocycles. The van der Waals surface area contributed by atoms with Crippen molar-refractivity contribution in [3.63, 3.8) is 0 Å². The molecule has 1 amide bonds. The Bertz CT molecular complexity index is 1410. The van der Waals surface area contributed by atoms with Crippen LogP contribution in [0.3, 0.4) is 0 Å². The Balaban J connectivity index is 1.27. The third-order valence-corrected chi connectivity index (χ3v) is 9.65. The molecule has 1 aliphatic carbocycles. The van der Waals surface area contributed by atoms with Gasteiger partial charge in [0.1, 0.15) is 24.5 Å². The van der Waals surface area contributed by atoms with Gasteiger partial charge in [0.2, 0.25) is 5.91 Å². The van der Waals surface area contributed by atoms with Gasteiger partial charge in [0.05, 0.1) is 72.2 Å². The SMILES string of the molecule is Cc1cc(C)c(/C(C(=O)O)=C(\OCc2ccccc2)C2CCC(OCCOCCOCCOCCOCCOCC(=O)NC(C)C(C)(C)C)CC2)c(C)c1.